The number of hydrogen-bond donors (Lipinski definition) is 0. The van der Waals surface area contributed by atoms with Gasteiger partial charge in [-0.3, -0.25) is 14.7 Å². The molecule has 1 amide bonds. The lowest BCUT2D eigenvalue weighted by molar-refractivity contribution is 0.0835. The molecule has 0 saturated carbocycles. The second-order valence-corrected chi connectivity index (χ2v) is 17.8. The minimum Gasteiger partial charge on any atom is -0.497 e. The number of amides is 1. The van der Waals surface area contributed by atoms with Gasteiger partial charge in [-0.25, -0.2) is 4.79 Å². The summed E-state index contributed by atoms with van der Waals surface area (Å²) in [5, 5.41) is 4.57. The van der Waals surface area contributed by atoms with Crippen molar-refractivity contribution in [2.24, 2.45) is 9.98 Å². The molecule has 0 spiro atoms. The number of hydrogen-bond acceptors (Lipinski definition) is 9. The molecule has 0 N–H and O–H groups in total. The predicted octanol–water partition coefficient (Wildman–Crippen LogP) is 6.71. The number of aliphatic imine (C=N–C) groups is 2. The third-order valence-electron chi connectivity index (χ3n) is 8.70. The molecule has 1 aliphatic carbocycles. The summed E-state index contributed by atoms with van der Waals surface area (Å²) in [4.78, 5) is 25.8. The van der Waals surface area contributed by atoms with Crippen LogP contribution in [0.2, 0.25) is 18.6 Å². The fraction of sp³-hybridized carbons (Fsp3) is 0.543. The van der Waals surface area contributed by atoms with Crippen molar-refractivity contribution in [2.45, 2.75) is 84.3 Å². The van der Waals surface area contributed by atoms with Gasteiger partial charge < -0.3 is 28.4 Å². The number of carbonyl (C=O) groups is 1. The van der Waals surface area contributed by atoms with Gasteiger partial charge in [0.1, 0.15) is 11.5 Å². The Morgan fingerprint density at radius 3 is 2.43 bits per heavy atom. The van der Waals surface area contributed by atoms with Gasteiger partial charge >= 0.3 is 6.09 Å². The lowest BCUT2D eigenvalue weighted by Crippen LogP contribution is -2.38. The number of allylic oxidation sites excluding steroid dienone is 2. The molecule has 0 saturated heterocycles. The molecule has 0 radical (unpaired) electrons. The van der Waals surface area contributed by atoms with E-state index in [1.807, 2.05) is 55.3 Å². The van der Waals surface area contributed by atoms with E-state index in [0.717, 1.165) is 59.2 Å². The number of fused-ring (bicyclic) bond motifs is 1. The quantitative estimate of drug-likeness (QED) is 0.145. The molecule has 2 aliphatic rings. The molecule has 12 heteroatoms. The van der Waals surface area contributed by atoms with E-state index in [2.05, 4.69) is 49.1 Å². The Kier molecular flexibility index (Phi) is 12.4. The average molecular weight is 665 g/mol. The van der Waals surface area contributed by atoms with E-state index in [1.165, 1.54) is 0 Å². The first-order chi connectivity index (χ1) is 22.4. The van der Waals surface area contributed by atoms with E-state index in [0.29, 0.717) is 31.7 Å². The van der Waals surface area contributed by atoms with Crippen molar-refractivity contribution < 1.29 is 23.4 Å². The monoisotopic (exact) mass is 664 g/mol. The maximum absolute atomic E-state index is 12.0. The van der Waals surface area contributed by atoms with Crippen LogP contribution in [-0.4, -0.2) is 94.1 Å². The first-order valence-corrected chi connectivity index (χ1v) is 19.5. The zero-order chi connectivity index (χ0) is 34.1. The highest BCUT2D eigenvalue weighted by molar-refractivity contribution is 6.72. The largest absolute Gasteiger partial charge is 0.497 e. The summed E-state index contributed by atoms with van der Waals surface area (Å²) in [7, 11) is 3.29. The summed E-state index contributed by atoms with van der Waals surface area (Å²) < 4.78 is 24.9. The number of carbonyl (C=O) groups excluding carboxylic acids is 1. The first kappa shape index (κ1) is 35.9. The van der Waals surface area contributed by atoms with Crippen LogP contribution >= 0.6 is 0 Å². The van der Waals surface area contributed by atoms with Crippen molar-refractivity contribution in [3.63, 3.8) is 0 Å². The average Bonchev–Trinajstić information content (AvgIpc) is 3.52. The molecule has 0 bridgehead atoms. The van der Waals surface area contributed by atoms with Crippen LogP contribution in [0.1, 0.15) is 52.5 Å². The summed E-state index contributed by atoms with van der Waals surface area (Å²) in [6.07, 6.45) is 11.9. The van der Waals surface area contributed by atoms with E-state index in [-0.39, 0.29) is 18.2 Å². The fourth-order valence-electron chi connectivity index (χ4n) is 5.17. The van der Waals surface area contributed by atoms with Crippen LogP contribution in [0.3, 0.4) is 0 Å². The van der Waals surface area contributed by atoms with Crippen molar-refractivity contribution >= 4 is 32.0 Å². The van der Waals surface area contributed by atoms with Gasteiger partial charge in [0.15, 0.2) is 8.32 Å². The van der Waals surface area contributed by atoms with Gasteiger partial charge in [0.25, 0.3) is 0 Å². The minimum atomic E-state index is -1.81. The molecule has 1 aromatic heterocycles. The summed E-state index contributed by atoms with van der Waals surface area (Å²) in [5.41, 5.74) is 5.32. The van der Waals surface area contributed by atoms with Crippen molar-refractivity contribution in [3.05, 3.63) is 59.7 Å². The van der Waals surface area contributed by atoms with Gasteiger partial charge in [0, 0.05) is 74.4 Å². The number of anilines is 1. The number of aromatic nitrogens is 2. The van der Waals surface area contributed by atoms with Crippen molar-refractivity contribution in [3.8, 4) is 11.5 Å². The van der Waals surface area contributed by atoms with Gasteiger partial charge in [-0.1, -0.05) is 13.8 Å². The van der Waals surface area contributed by atoms with Crippen LogP contribution in [0.25, 0.3) is 0 Å². The standard InChI is InChI=1S/C35H52N6O5Si/c1-25(2)46-35(42)39(5)14-10-11-15-40-24-27(22-37-40)34-23-36-32-13-12-28(20-33(32)38-34)41(16-17-45-47(8,9)26(3)4)29-18-30(43-6)21-31(19-29)44-7/h12-13,18-19,21-26,33H,10-11,14-17,20H2,1-9H3. The third kappa shape index (κ3) is 9.80. The SMILES string of the molecule is COc1cc(OC)cc(N(CCO[Si](C)(C)C(C)C)C2=CC=C3N=CC(c4cnn(CCCCN(C)C(=O)OC(C)C)c4)=NC3C2)c1. The molecule has 256 valence electrons. The summed E-state index contributed by atoms with van der Waals surface area (Å²) in [5.74, 6) is 1.46. The molecular weight excluding hydrogens is 613 g/mol. The van der Waals surface area contributed by atoms with Gasteiger partial charge in [-0.05, 0) is 57.5 Å². The Labute approximate surface area is 281 Å². The molecule has 0 fully saturated rings. The summed E-state index contributed by atoms with van der Waals surface area (Å²) in [6.45, 7) is 15.4. The topological polar surface area (TPSA) is 103 Å². The molecule has 47 heavy (non-hydrogen) atoms. The number of benzene rings is 1. The summed E-state index contributed by atoms with van der Waals surface area (Å²) >= 11 is 0. The van der Waals surface area contributed by atoms with E-state index in [1.54, 1.807) is 26.2 Å². The Morgan fingerprint density at radius 2 is 1.77 bits per heavy atom. The molecule has 2 heterocycles. The zero-order valence-electron chi connectivity index (χ0n) is 29.5. The third-order valence-corrected chi connectivity index (χ3v) is 12.4. The van der Waals surface area contributed by atoms with Gasteiger partial charge in [0.05, 0.1) is 56.8 Å². The van der Waals surface area contributed by atoms with Crippen LogP contribution < -0.4 is 14.4 Å². The van der Waals surface area contributed by atoms with Crippen molar-refractivity contribution in [2.75, 3.05) is 45.9 Å². The van der Waals surface area contributed by atoms with Crippen LogP contribution in [0.15, 0.2) is 64.1 Å². The van der Waals surface area contributed by atoms with E-state index >= 15 is 0 Å². The second-order valence-electron chi connectivity index (χ2n) is 13.1. The van der Waals surface area contributed by atoms with Gasteiger partial charge in [-0.2, -0.15) is 5.10 Å². The fourth-order valence-corrected chi connectivity index (χ4v) is 6.12. The van der Waals surface area contributed by atoms with Gasteiger partial charge in [-0.15, -0.1) is 0 Å². The molecule has 1 aliphatic heterocycles. The van der Waals surface area contributed by atoms with E-state index < -0.39 is 8.32 Å². The lowest BCUT2D eigenvalue weighted by Gasteiger charge is -2.34. The van der Waals surface area contributed by atoms with Crippen molar-refractivity contribution in [1.82, 2.24) is 14.7 Å². The Bertz CT molecular complexity index is 1470. The number of ether oxygens (including phenoxy) is 3. The molecule has 1 unspecified atom stereocenters. The predicted molar refractivity (Wildman–Crippen MR) is 191 cm³/mol. The molecule has 2 aromatic rings. The number of methoxy groups -OCH3 is 2. The minimum absolute atomic E-state index is 0.114. The van der Waals surface area contributed by atoms with Crippen LogP contribution in [-0.2, 0) is 15.7 Å². The van der Waals surface area contributed by atoms with E-state index in [4.69, 9.17) is 28.6 Å². The number of rotatable bonds is 16. The molecule has 1 atom stereocenters. The molecule has 1 aromatic carbocycles. The summed E-state index contributed by atoms with van der Waals surface area (Å²) in [6, 6.07) is 5.84. The number of nitrogens with zero attached hydrogens (tertiary/aromatic N) is 6. The lowest BCUT2D eigenvalue weighted by atomic mass is 9.99. The molecular formula is C35H52N6O5Si. The normalized spacial score (nSPS) is 16.0. The maximum atomic E-state index is 12.0. The van der Waals surface area contributed by atoms with Crippen LogP contribution in [0, 0.1) is 0 Å². The maximum Gasteiger partial charge on any atom is 0.409 e. The zero-order valence-corrected chi connectivity index (χ0v) is 30.5. The number of unbranched alkanes of at least 4 members (excludes halogenated alkanes) is 1. The highest BCUT2D eigenvalue weighted by atomic mass is 28.4. The van der Waals surface area contributed by atoms with E-state index in [9.17, 15) is 4.79 Å². The Hall–Kier alpha value is -3.90. The smallest absolute Gasteiger partial charge is 0.409 e. The highest BCUT2D eigenvalue weighted by Crippen LogP contribution is 2.35. The van der Waals surface area contributed by atoms with Crippen LogP contribution in [0.5, 0.6) is 11.5 Å². The Morgan fingerprint density at radius 1 is 1.04 bits per heavy atom. The second kappa shape index (κ2) is 16.3. The molecule has 11 nitrogen and oxygen atoms in total. The number of aryl methyl sites for hydroxylation is 1. The first-order valence-electron chi connectivity index (χ1n) is 16.5. The van der Waals surface area contributed by atoms with Gasteiger partial charge in [0.2, 0.25) is 0 Å². The van der Waals surface area contributed by atoms with Crippen molar-refractivity contribution in [1.29, 1.82) is 0 Å². The Balaban J connectivity index is 1.45. The molecule has 4 rings (SSSR count). The highest BCUT2D eigenvalue weighted by Gasteiger charge is 2.29. The van der Waals surface area contributed by atoms with Crippen LogP contribution in [0.4, 0.5) is 10.5 Å².